The quantitative estimate of drug-likeness (QED) is 0.734. The van der Waals surface area contributed by atoms with E-state index in [9.17, 15) is 18.0 Å². The highest BCUT2D eigenvalue weighted by Crippen LogP contribution is 2.30. The third-order valence-electron chi connectivity index (χ3n) is 3.37. The normalized spacial score (nSPS) is 11.3. The van der Waals surface area contributed by atoms with Crippen molar-refractivity contribution in [2.24, 2.45) is 0 Å². The fourth-order valence-corrected chi connectivity index (χ4v) is 2.03. The van der Waals surface area contributed by atoms with Crippen molar-refractivity contribution in [1.82, 2.24) is 15.2 Å². The van der Waals surface area contributed by atoms with Crippen LogP contribution in [-0.4, -0.2) is 43.2 Å². The average Bonchev–Trinajstić information content (AvgIpc) is 2.60. The monoisotopic (exact) mass is 383 g/mol. The average molecular weight is 383 g/mol. The molecule has 0 atom stereocenters. The molecule has 0 aliphatic rings. The predicted octanol–water partition coefficient (Wildman–Crippen LogP) is 3.93. The minimum Gasteiger partial charge on any atom is -0.439 e. The number of halogens is 3. The number of rotatable bonds is 7. The van der Waals surface area contributed by atoms with Gasteiger partial charge in [-0.2, -0.15) is 13.2 Å². The lowest BCUT2D eigenvalue weighted by Crippen LogP contribution is -2.29. The summed E-state index contributed by atoms with van der Waals surface area (Å²) in [6, 6.07) is 8.09. The molecular formula is C18H20F3N3O3. The molecule has 1 heterocycles. The van der Waals surface area contributed by atoms with E-state index in [1.807, 2.05) is 19.0 Å². The van der Waals surface area contributed by atoms with Crippen LogP contribution in [0.15, 0.2) is 42.6 Å². The summed E-state index contributed by atoms with van der Waals surface area (Å²) in [7, 11) is 3.89. The summed E-state index contributed by atoms with van der Waals surface area (Å²) >= 11 is 0. The Morgan fingerprint density at radius 3 is 2.33 bits per heavy atom. The van der Waals surface area contributed by atoms with E-state index in [4.69, 9.17) is 9.47 Å². The van der Waals surface area contributed by atoms with Crippen LogP contribution in [0, 0.1) is 0 Å². The summed E-state index contributed by atoms with van der Waals surface area (Å²) in [4.78, 5) is 17.3. The molecule has 2 rings (SSSR count). The van der Waals surface area contributed by atoms with Crippen molar-refractivity contribution < 1.29 is 27.4 Å². The number of hydrogen-bond acceptors (Lipinski definition) is 5. The first kappa shape index (κ1) is 20.5. The summed E-state index contributed by atoms with van der Waals surface area (Å²) in [5, 5.41) is 2.64. The van der Waals surface area contributed by atoms with E-state index in [1.54, 1.807) is 0 Å². The minimum atomic E-state index is -4.45. The number of amides is 1. The van der Waals surface area contributed by atoms with Crippen LogP contribution in [0.4, 0.5) is 18.0 Å². The summed E-state index contributed by atoms with van der Waals surface area (Å²) in [5.41, 5.74) is -0.852. The fourth-order valence-electron chi connectivity index (χ4n) is 2.03. The number of ether oxygens (including phenoxy) is 2. The van der Waals surface area contributed by atoms with E-state index < -0.39 is 17.8 Å². The number of alkyl halides is 3. The summed E-state index contributed by atoms with van der Waals surface area (Å²) in [6.45, 7) is 1.35. The van der Waals surface area contributed by atoms with Crippen molar-refractivity contribution in [3.63, 3.8) is 0 Å². The third-order valence-corrected chi connectivity index (χ3v) is 3.37. The molecule has 146 valence electrons. The lowest BCUT2D eigenvalue weighted by molar-refractivity contribution is -0.137. The van der Waals surface area contributed by atoms with Gasteiger partial charge < -0.3 is 19.7 Å². The molecule has 6 nitrogen and oxygen atoms in total. The number of aromatic nitrogens is 1. The van der Waals surface area contributed by atoms with Gasteiger partial charge in [0.15, 0.2) is 0 Å². The lowest BCUT2D eigenvalue weighted by Gasteiger charge is -2.10. The molecular weight excluding hydrogens is 363 g/mol. The first-order valence-electron chi connectivity index (χ1n) is 8.15. The topological polar surface area (TPSA) is 63.7 Å². The molecule has 0 bridgehead atoms. The zero-order valence-electron chi connectivity index (χ0n) is 14.9. The van der Waals surface area contributed by atoms with Gasteiger partial charge in [-0.1, -0.05) is 0 Å². The van der Waals surface area contributed by atoms with Crippen molar-refractivity contribution in [1.29, 1.82) is 0 Å². The van der Waals surface area contributed by atoms with Crippen LogP contribution in [0.3, 0.4) is 0 Å². The molecule has 1 aromatic heterocycles. The van der Waals surface area contributed by atoms with Crippen LogP contribution in [-0.2, 0) is 6.18 Å². The highest BCUT2D eigenvalue weighted by Gasteiger charge is 2.30. The van der Waals surface area contributed by atoms with E-state index in [-0.39, 0.29) is 5.88 Å². The molecule has 0 saturated carbocycles. The maximum atomic E-state index is 12.5. The van der Waals surface area contributed by atoms with E-state index >= 15 is 0 Å². The second-order valence-electron chi connectivity index (χ2n) is 5.93. The zero-order valence-corrected chi connectivity index (χ0v) is 14.9. The summed E-state index contributed by atoms with van der Waals surface area (Å²) in [6.07, 6.45) is -3.51. The van der Waals surface area contributed by atoms with Crippen molar-refractivity contribution in [3.05, 3.63) is 48.2 Å². The van der Waals surface area contributed by atoms with Gasteiger partial charge in [-0.3, -0.25) is 0 Å². The number of nitrogens with one attached hydrogen (secondary N) is 1. The van der Waals surface area contributed by atoms with Crippen LogP contribution in [0.5, 0.6) is 17.4 Å². The number of carbonyl (C=O) groups excluding carboxylic acids is 1. The molecule has 2 aromatic rings. The Hall–Kier alpha value is -2.81. The molecule has 0 spiro atoms. The Kier molecular flexibility index (Phi) is 7.00. The Bertz CT molecular complexity index is 732. The molecule has 1 aromatic carbocycles. The van der Waals surface area contributed by atoms with E-state index in [0.717, 1.165) is 25.1 Å². The number of hydrogen-bond donors (Lipinski definition) is 1. The molecule has 27 heavy (non-hydrogen) atoms. The zero-order chi connectivity index (χ0) is 19.9. The maximum Gasteiger partial charge on any atom is 0.417 e. The molecule has 0 unspecified atom stereocenters. The molecule has 0 radical (unpaired) electrons. The largest absolute Gasteiger partial charge is 0.439 e. The van der Waals surface area contributed by atoms with Gasteiger partial charge in [0.05, 0.1) is 5.56 Å². The first-order chi connectivity index (χ1) is 12.7. The maximum absolute atomic E-state index is 12.5. The number of carbonyl (C=O) groups is 1. The third kappa shape index (κ3) is 7.14. The van der Waals surface area contributed by atoms with Crippen molar-refractivity contribution >= 4 is 6.09 Å². The molecule has 0 saturated heterocycles. The van der Waals surface area contributed by atoms with Crippen LogP contribution in [0.1, 0.15) is 12.0 Å². The van der Waals surface area contributed by atoms with Crippen molar-refractivity contribution in [2.75, 3.05) is 27.2 Å². The molecule has 0 aliphatic heterocycles. The van der Waals surface area contributed by atoms with Gasteiger partial charge >= 0.3 is 12.3 Å². The van der Waals surface area contributed by atoms with Gasteiger partial charge in [0, 0.05) is 18.8 Å². The van der Waals surface area contributed by atoms with Crippen LogP contribution >= 0.6 is 0 Å². The highest BCUT2D eigenvalue weighted by atomic mass is 19.4. The summed E-state index contributed by atoms with van der Waals surface area (Å²) < 4.78 is 48.0. The predicted molar refractivity (Wildman–Crippen MR) is 93.0 cm³/mol. The summed E-state index contributed by atoms with van der Waals surface area (Å²) in [5.74, 6) is 0.684. The van der Waals surface area contributed by atoms with Gasteiger partial charge in [0.25, 0.3) is 0 Å². The molecule has 0 aliphatic carbocycles. The number of benzene rings is 1. The molecule has 9 heteroatoms. The number of pyridine rings is 1. The SMILES string of the molecule is CN(C)CCCNC(=O)Oc1ccc(Oc2ccc(C(F)(F)F)cn2)cc1. The molecule has 1 N–H and O–H groups in total. The minimum absolute atomic E-state index is 0.0234. The fraction of sp³-hybridized carbons (Fsp3) is 0.333. The van der Waals surface area contributed by atoms with Crippen LogP contribution in [0.2, 0.25) is 0 Å². The standard InChI is InChI=1S/C18H20F3N3O3/c1-24(2)11-3-10-22-17(25)27-15-7-5-14(6-8-15)26-16-9-4-13(12-23-16)18(19,20)21/h4-9,12H,3,10-11H2,1-2H3,(H,22,25). The van der Waals surface area contributed by atoms with Gasteiger partial charge in [-0.05, 0) is 57.4 Å². The van der Waals surface area contributed by atoms with E-state index in [2.05, 4.69) is 10.3 Å². The second kappa shape index (κ2) is 9.22. The van der Waals surface area contributed by atoms with Gasteiger partial charge in [0.1, 0.15) is 11.5 Å². The molecule has 1 amide bonds. The first-order valence-corrected chi connectivity index (χ1v) is 8.15. The highest BCUT2D eigenvalue weighted by molar-refractivity contribution is 5.70. The van der Waals surface area contributed by atoms with E-state index in [1.165, 1.54) is 24.3 Å². The Morgan fingerprint density at radius 2 is 1.78 bits per heavy atom. The lowest BCUT2D eigenvalue weighted by atomic mass is 10.3. The molecule has 0 fully saturated rings. The second-order valence-corrected chi connectivity index (χ2v) is 5.93. The van der Waals surface area contributed by atoms with Gasteiger partial charge in [-0.25, -0.2) is 9.78 Å². The Balaban J connectivity index is 1.83. The van der Waals surface area contributed by atoms with Crippen molar-refractivity contribution in [2.45, 2.75) is 12.6 Å². The smallest absolute Gasteiger partial charge is 0.417 e. The van der Waals surface area contributed by atoms with Crippen molar-refractivity contribution in [3.8, 4) is 17.4 Å². The van der Waals surface area contributed by atoms with Gasteiger partial charge in [0.2, 0.25) is 5.88 Å². The van der Waals surface area contributed by atoms with Crippen LogP contribution in [0.25, 0.3) is 0 Å². The van der Waals surface area contributed by atoms with Gasteiger partial charge in [-0.15, -0.1) is 0 Å². The van der Waals surface area contributed by atoms with E-state index in [0.29, 0.717) is 24.2 Å². The Labute approximate surface area is 154 Å². The Morgan fingerprint density at radius 1 is 1.11 bits per heavy atom. The van der Waals surface area contributed by atoms with Crippen LogP contribution < -0.4 is 14.8 Å². The number of nitrogens with zero attached hydrogens (tertiary/aromatic N) is 2.